The summed E-state index contributed by atoms with van der Waals surface area (Å²) in [6, 6.07) is 18.5. The number of carbonyl (C=O) groups is 2. The Kier molecular flexibility index (Phi) is 5.49. The molecular formula is C21H23NO3. The van der Waals surface area contributed by atoms with Crippen LogP contribution in [-0.2, 0) is 22.6 Å². The van der Waals surface area contributed by atoms with Crippen LogP contribution in [0.4, 0.5) is 0 Å². The van der Waals surface area contributed by atoms with Crippen LogP contribution in [0.3, 0.4) is 0 Å². The molecule has 130 valence electrons. The molecule has 1 atom stereocenters. The van der Waals surface area contributed by atoms with Crippen LogP contribution in [0, 0.1) is 0 Å². The van der Waals surface area contributed by atoms with Gasteiger partial charge in [-0.2, -0.15) is 0 Å². The standard InChI is InChI=1S/C21H23NO3/c23-20(12-6-7-13-21(24)25)22-15-18-11-5-4-10-17(18)14-19(22)16-8-2-1-3-9-16/h1-5,8-11,19H,6-7,12-15H2,(H,24,25). The second-order valence-corrected chi connectivity index (χ2v) is 6.52. The summed E-state index contributed by atoms with van der Waals surface area (Å²) in [6.07, 6.45) is 2.50. The lowest BCUT2D eigenvalue weighted by molar-refractivity contribution is -0.138. The lowest BCUT2D eigenvalue weighted by atomic mass is 9.89. The Hall–Kier alpha value is -2.62. The van der Waals surface area contributed by atoms with Gasteiger partial charge in [0.1, 0.15) is 0 Å². The van der Waals surface area contributed by atoms with Gasteiger partial charge in [0.05, 0.1) is 6.04 Å². The zero-order chi connectivity index (χ0) is 17.6. The fourth-order valence-corrected chi connectivity index (χ4v) is 3.45. The third-order valence-electron chi connectivity index (χ3n) is 4.78. The Balaban J connectivity index is 1.76. The number of nitrogens with zero attached hydrogens (tertiary/aromatic N) is 1. The van der Waals surface area contributed by atoms with Crippen molar-refractivity contribution in [1.82, 2.24) is 4.90 Å². The molecule has 1 aliphatic heterocycles. The summed E-state index contributed by atoms with van der Waals surface area (Å²) in [5.41, 5.74) is 3.65. The lowest BCUT2D eigenvalue weighted by Gasteiger charge is -2.37. The molecule has 3 rings (SSSR count). The van der Waals surface area contributed by atoms with Gasteiger partial charge < -0.3 is 10.0 Å². The van der Waals surface area contributed by atoms with E-state index in [2.05, 4.69) is 24.3 Å². The van der Waals surface area contributed by atoms with Crippen LogP contribution < -0.4 is 0 Å². The summed E-state index contributed by atoms with van der Waals surface area (Å²) in [7, 11) is 0. The number of aliphatic carboxylic acids is 1. The highest BCUT2D eigenvalue weighted by Gasteiger charge is 2.30. The van der Waals surface area contributed by atoms with Gasteiger partial charge in [-0.3, -0.25) is 9.59 Å². The van der Waals surface area contributed by atoms with Crippen molar-refractivity contribution in [2.24, 2.45) is 0 Å². The molecule has 1 N–H and O–H groups in total. The molecule has 2 aromatic rings. The van der Waals surface area contributed by atoms with E-state index < -0.39 is 5.97 Å². The van der Waals surface area contributed by atoms with E-state index in [0.29, 0.717) is 25.8 Å². The minimum Gasteiger partial charge on any atom is -0.481 e. The van der Waals surface area contributed by atoms with Crippen molar-refractivity contribution >= 4 is 11.9 Å². The molecule has 0 saturated carbocycles. The van der Waals surface area contributed by atoms with Crippen LogP contribution in [-0.4, -0.2) is 21.9 Å². The van der Waals surface area contributed by atoms with Crippen LogP contribution in [0.5, 0.6) is 0 Å². The van der Waals surface area contributed by atoms with Crippen molar-refractivity contribution in [3.05, 3.63) is 71.3 Å². The van der Waals surface area contributed by atoms with Crippen molar-refractivity contribution in [2.45, 2.75) is 44.7 Å². The largest absolute Gasteiger partial charge is 0.481 e. The first kappa shape index (κ1) is 17.2. The number of benzene rings is 2. The highest BCUT2D eigenvalue weighted by atomic mass is 16.4. The van der Waals surface area contributed by atoms with Crippen molar-refractivity contribution in [3.63, 3.8) is 0 Å². The number of carboxylic acid groups (broad SMARTS) is 1. The molecular weight excluding hydrogens is 314 g/mol. The maximum absolute atomic E-state index is 12.8. The molecule has 4 heteroatoms. The summed E-state index contributed by atoms with van der Waals surface area (Å²) >= 11 is 0. The molecule has 25 heavy (non-hydrogen) atoms. The third-order valence-corrected chi connectivity index (χ3v) is 4.78. The van der Waals surface area contributed by atoms with Gasteiger partial charge in [0.2, 0.25) is 5.91 Å². The van der Waals surface area contributed by atoms with E-state index in [-0.39, 0.29) is 18.4 Å². The van der Waals surface area contributed by atoms with E-state index in [1.54, 1.807) is 0 Å². The number of hydrogen-bond acceptors (Lipinski definition) is 2. The molecule has 0 spiro atoms. The van der Waals surface area contributed by atoms with E-state index >= 15 is 0 Å². The number of carbonyl (C=O) groups excluding carboxylic acids is 1. The average Bonchev–Trinajstić information content (AvgIpc) is 2.64. The van der Waals surface area contributed by atoms with Gasteiger partial charge in [-0.25, -0.2) is 0 Å². The minimum atomic E-state index is -0.804. The molecule has 0 fully saturated rings. The first-order valence-corrected chi connectivity index (χ1v) is 8.78. The van der Waals surface area contributed by atoms with Gasteiger partial charge in [-0.15, -0.1) is 0 Å². The maximum atomic E-state index is 12.8. The van der Waals surface area contributed by atoms with Gasteiger partial charge in [0, 0.05) is 19.4 Å². The van der Waals surface area contributed by atoms with Gasteiger partial charge in [-0.05, 0) is 36.0 Å². The van der Waals surface area contributed by atoms with Crippen molar-refractivity contribution in [2.75, 3.05) is 0 Å². The quantitative estimate of drug-likeness (QED) is 0.812. The fraction of sp³-hybridized carbons (Fsp3) is 0.333. The van der Waals surface area contributed by atoms with E-state index in [9.17, 15) is 9.59 Å². The number of carboxylic acids is 1. The van der Waals surface area contributed by atoms with E-state index in [0.717, 1.165) is 12.0 Å². The first-order valence-electron chi connectivity index (χ1n) is 8.78. The fourth-order valence-electron chi connectivity index (χ4n) is 3.45. The second kappa shape index (κ2) is 7.97. The minimum absolute atomic E-state index is 0.0445. The maximum Gasteiger partial charge on any atom is 0.303 e. The molecule has 1 heterocycles. The molecule has 0 aliphatic carbocycles. The number of fused-ring (bicyclic) bond motifs is 1. The average molecular weight is 337 g/mol. The van der Waals surface area contributed by atoms with Crippen LogP contribution in [0.25, 0.3) is 0 Å². The molecule has 0 bridgehead atoms. The first-order chi connectivity index (χ1) is 12.1. The number of hydrogen-bond donors (Lipinski definition) is 1. The SMILES string of the molecule is O=C(O)CCCCC(=O)N1Cc2ccccc2CC1c1ccccc1. The Morgan fingerprint density at radius 3 is 2.28 bits per heavy atom. The van der Waals surface area contributed by atoms with Crippen molar-refractivity contribution < 1.29 is 14.7 Å². The molecule has 0 radical (unpaired) electrons. The summed E-state index contributed by atoms with van der Waals surface area (Å²) in [5, 5.41) is 8.73. The monoisotopic (exact) mass is 337 g/mol. The highest BCUT2D eigenvalue weighted by Crippen LogP contribution is 2.33. The Bertz CT molecular complexity index is 742. The van der Waals surface area contributed by atoms with Crippen molar-refractivity contribution in [1.29, 1.82) is 0 Å². The second-order valence-electron chi connectivity index (χ2n) is 6.52. The van der Waals surface area contributed by atoms with Crippen LogP contribution in [0.2, 0.25) is 0 Å². The topological polar surface area (TPSA) is 57.6 Å². The Labute approximate surface area is 148 Å². The predicted molar refractivity (Wildman–Crippen MR) is 96.0 cm³/mol. The summed E-state index contributed by atoms with van der Waals surface area (Å²) < 4.78 is 0. The highest BCUT2D eigenvalue weighted by molar-refractivity contribution is 5.77. The molecule has 1 unspecified atom stereocenters. The van der Waals surface area contributed by atoms with Gasteiger partial charge >= 0.3 is 5.97 Å². The number of unbranched alkanes of at least 4 members (excludes halogenated alkanes) is 1. The van der Waals surface area contributed by atoms with Gasteiger partial charge in [0.15, 0.2) is 0 Å². The molecule has 4 nitrogen and oxygen atoms in total. The van der Waals surface area contributed by atoms with E-state index in [1.165, 1.54) is 11.1 Å². The van der Waals surface area contributed by atoms with E-state index in [4.69, 9.17) is 5.11 Å². The number of rotatable bonds is 6. The Morgan fingerprint density at radius 1 is 0.920 bits per heavy atom. The summed E-state index contributed by atoms with van der Waals surface area (Å²) in [6.45, 7) is 0.619. The predicted octanol–water partition coefficient (Wildman–Crippen LogP) is 3.96. The molecule has 1 amide bonds. The van der Waals surface area contributed by atoms with E-state index in [1.807, 2.05) is 35.2 Å². The summed E-state index contributed by atoms with van der Waals surface area (Å²) in [5.74, 6) is -0.699. The third kappa shape index (κ3) is 4.27. The molecule has 0 saturated heterocycles. The Morgan fingerprint density at radius 2 is 1.56 bits per heavy atom. The molecule has 2 aromatic carbocycles. The zero-order valence-corrected chi connectivity index (χ0v) is 14.2. The lowest BCUT2D eigenvalue weighted by Crippen LogP contribution is -2.38. The molecule has 0 aromatic heterocycles. The number of amides is 1. The normalized spacial score (nSPS) is 16.3. The van der Waals surface area contributed by atoms with Crippen LogP contribution in [0.15, 0.2) is 54.6 Å². The van der Waals surface area contributed by atoms with Gasteiger partial charge in [0.25, 0.3) is 0 Å². The molecule has 1 aliphatic rings. The smallest absolute Gasteiger partial charge is 0.303 e. The zero-order valence-electron chi connectivity index (χ0n) is 14.2. The van der Waals surface area contributed by atoms with Crippen molar-refractivity contribution in [3.8, 4) is 0 Å². The summed E-state index contributed by atoms with van der Waals surface area (Å²) in [4.78, 5) is 25.4. The van der Waals surface area contributed by atoms with Gasteiger partial charge in [-0.1, -0.05) is 54.6 Å². The van der Waals surface area contributed by atoms with Crippen LogP contribution in [0.1, 0.15) is 48.4 Å². The van der Waals surface area contributed by atoms with Crippen LogP contribution >= 0.6 is 0 Å².